The Morgan fingerprint density at radius 3 is 2.89 bits per heavy atom. The molecule has 2 aromatic rings. The number of hydrogen-bond donors (Lipinski definition) is 2. The molecule has 0 aliphatic heterocycles. The molecule has 0 fully saturated rings. The van der Waals surface area contributed by atoms with Gasteiger partial charge in [0.25, 0.3) is 0 Å². The van der Waals surface area contributed by atoms with Crippen LogP contribution in [-0.4, -0.2) is 21.5 Å². The second-order valence-corrected chi connectivity index (χ2v) is 4.22. The van der Waals surface area contributed by atoms with Crippen LogP contribution >= 0.6 is 0 Å². The molecule has 2 rings (SSSR count). The molecule has 3 N–H and O–H groups in total. The Bertz CT molecular complexity index is 551. The van der Waals surface area contributed by atoms with E-state index in [1.807, 2.05) is 6.92 Å². The van der Waals surface area contributed by atoms with Crippen LogP contribution in [0.5, 0.6) is 0 Å². The Labute approximate surface area is 105 Å². The summed E-state index contributed by atoms with van der Waals surface area (Å²) in [5, 5.41) is 13.0. The van der Waals surface area contributed by atoms with Crippen molar-refractivity contribution >= 4 is 5.82 Å². The van der Waals surface area contributed by atoms with Crippen LogP contribution in [0.2, 0.25) is 0 Å². The van der Waals surface area contributed by atoms with Crippen molar-refractivity contribution in [3.05, 3.63) is 41.3 Å². The van der Waals surface area contributed by atoms with Crippen molar-refractivity contribution in [3.8, 4) is 5.69 Å². The lowest BCUT2D eigenvalue weighted by Gasteiger charge is -2.08. The van der Waals surface area contributed by atoms with Crippen molar-refractivity contribution in [3.63, 3.8) is 0 Å². The number of rotatable bonds is 4. The lowest BCUT2D eigenvalue weighted by Crippen LogP contribution is -2.05. The first-order valence-electron chi connectivity index (χ1n) is 5.83. The van der Waals surface area contributed by atoms with Crippen molar-refractivity contribution in [1.82, 2.24) is 9.78 Å². The molecule has 4 nitrogen and oxygen atoms in total. The highest BCUT2D eigenvalue weighted by molar-refractivity contribution is 5.50. The Morgan fingerprint density at radius 1 is 1.44 bits per heavy atom. The predicted octanol–water partition coefficient (Wildman–Crippen LogP) is 1.83. The molecule has 0 bridgehead atoms. The molecule has 0 saturated carbocycles. The second-order valence-electron chi connectivity index (χ2n) is 4.22. The van der Waals surface area contributed by atoms with Gasteiger partial charge in [-0.25, -0.2) is 9.07 Å². The van der Waals surface area contributed by atoms with Crippen LogP contribution in [0, 0.1) is 12.7 Å². The fourth-order valence-corrected chi connectivity index (χ4v) is 1.90. The Balaban J connectivity index is 2.36. The van der Waals surface area contributed by atoms with Crippen LogP contribution in [-0.2, 0) is 6.42 Å². The standard InChI is InChI=1S/C13H16FN3O/c1-9-7-11(14)4-5-12(9)17-13(15)10(8-16-17)3-2-6-18/h4-5,7-8,18H,2-3,6,15H2,1H3. The number of aryl methyl sites for hydroxylation is 2. The normalized spacial score (nSPS) is 10.8. The molecular formula is C13H16FN3O. The van der Waals surface area contributed by atoms with E-state index in [4.69, 9.17) is 10.8 Å². The Morgan fingerprint density at radius 2 is 2.22 bits per heavy atom. The van der Waals surface area contributed by atoms with Crippen molar-refractivity contribution < 1.29 is 9.50 Å². The molecule has 1 aromatic heterocycles. The first kappa shape index (κ1) is 12.6. The first-order chi connectivity index (χ1) is 8.63. The summed E-state index contributed by atoms with van der Waals surface area (Å²) in [5.41, 5.74) is 8.45. The zero-order chi connectivity index (χ0) is 13.1. The molecular weight excluding hydrogens is 233 g/mol. The van der Waals surface area contributed by atoms with E-state index < -0.39 is 0 Å². The maximum Gasteiger partial charge on any atom is 0.130 e. The number of nitrogen functional groups attached to an aromatic ring is 1. The number of aromatic nitrogens is 2. The third-order valence-corrected chi connectivity index (χ3v) is 2.88. The van der Waals surface area contributed by atoms with E-state index in [0.29, 0.717) is 18.7 Å². The summed E-state index contributed by atoms with van der Waals surface area (Å²) < 4.78 is 14.6. The number of aliphatic hydroxyl groups is 1. The van der Waals surface area contributed by atoms with E-state index in [2.05, 4.69) is 5.10 Å². The van der Waals surface area contributed by atoms with E-state index >= 15 is 0 Å². The third-order valence-electron chi connectivity index (χ3n) is 2.88. The van der Waals surface area contributed by atoms with Crippen LogP contribution in [0.15, 0.2) is 24.4 Å². The van der Waals surface area contributed by atoms with Gasteiger partial charge in [-0.3, -0.25) is 0 Å². The smallest absolute Gasteiger partial charge is 0.130 e. The van der Waals surface area contributed by atoms with Gasteiger partial charge in [0.2, 0.25) is 0 Å². The number of nitrogens with two attached hydrogens (primary N) is 1. The molecule has 96 valence electrons. The molecule has 5 heteroatoms. The van der Waals surface area contributed by atoms with Crippen molar-refractivity contribution in [1.29, 1.82) is 0 Å². The van der Waals surface area contributed by atoms with Gasteiger partial charge in [-0.1, -0.05) is 0 Å². The lowest BCUT2D eigenvalue weighted by atomic mass is 10.2. The second kappa shape index (κ2) is 5.18. The van der Waals surface area contributed by atoms with E-state index in [1.165, 1.54) is 12.1 Å². The average Bonchev–Trinajstić information content (AvgIpc) is 2.68. The van der Waals surface area contributed by atoms with Crippen LogP contribution in [0.1, 0.15) is 17.5 Å². The predicted molar refractivity (Wildman–Crippen MR) is 68.1 cm³/mol. The lowest BCUT2D eigenvalue weighted by molar-refractivity contribution is 0.288. The van der Waals surface area contributed by atoms with E-state index in [-0.39, 0.29) is 12.4 Å². The maximum atomic E-state index is 13.0. The number of benzene rings is 1. The molecule has 0 spiro atoms. The average molecular weight is 249 g/mol. The van der Waals surface area contributed by atoms with Gasteiger partial charge < -0.3 is 10.8 Å². The van der Waals surface area contributed by atoms with Crippen LogP contribution < -0.4 is 5.73 Å². The van der Waals surface area contributed by atoms with Gasteiger partial charge in [0.15, 0.2) is 0 Å². The number of anilines is 1. The van der Waals surface area contributed by atoms with Gasteiger partial charge in [-0.15, -0.1) is 0 Å². The quantitative estimate of drug-likeness (QED) is 0.868. The number of aliphatic hydroxyl groups excluding tert-OH is 1. The zero-order valence-electron chi connectivity index (χ0n) is 10.2. The fourth-order valence-electron chi connectivity index (χ4n) is 1.90. The summed E-state index contributed by atoms with van der Waals surface area (Å²) in [4.78, 5) is 0. The number of hydrogen-bond acceptors (Lipinski definition) is 3. The summed E-state index contributed by atoms with van der Waals surface area (Å²) in [5.74, 6) is 0.264. The minimum absolute atomic E-state index is 0.125. The molecule has 0 atom stereocenters. The molecule has 0 amide bonds. The van der Waals surface area contributed by atoms with Crippen molar-refractivity contribution in [2.45, 2.75) is 19.8 Å². The zero-order valence-corrected chi connectivity index (χ0v) is 10.2. The first-order valence-corrected chi connectivity index (χ1v) is 5.83. The third kappa shape index (κ3) is 2.36. The van der Waals surface area contributed by atoms with Gasteiger partial charge >= 0.3 is 0 Å². The highest BCUT2D eigenvalue weighted by Crippen LogP contribution is 2.21. The Hall–Kier alpha value is -1.88. The molecule has 0 aliphatic rings. The molecule has 1 heterocycles. The van der Waals surface area contributed by atoms with Crippen molar-refractivity contribution in [2.24, 2.45) is 0 Å². The SMILES string of the molecule is Cc1cc(F)ccc1-n1ncc(CCCO)c1N. The van der Waals surface area contributed by atoms with Gasteiger partial charge in [-0.2, -0.15) is 5.10 Å². The highest BCUT2D eigenvalue weighted by atomic mass is 19.1. The van der Waals surface area contributed by atoms with Crippen LogP contribution in [0.3, 0.4) is 0 Å². The number of nitrogens with zero attached hydrogens (tertiary/aromatic N) is 2. The summed E-state index contributed by atoms with van der Waals surface area (Å²) in [7, 11) is 0. The number of halogens is 1. The molecule has 0 aliphatic carbocycles. The molecule has 0 radical (unpaired) electrons. The van der Waals surface area contributed by atoms with Crippen LogP contribution in [0.4, 0.5) is 10.2 Å². The molecule has 18 heavy (non-hydrogen) atoms. The Kier molecular flexibility index (Phi) is 3.62. The van der Waals surface area contributed by atoms with Gasteiger partial charge in [0, 0.05) is 12.2 Å². The monoisotopic (exact) mass is 249 g/mol. The molecule has 0 unspecified atom stereocenters. The molecule has 0 saturated heterocycles. The molecule has 1 aromatic carbocycles. The minimum Gasteiger partial charge on any atom is -0.396 e. The van der Waals surface area contributed by atoms with Gasteiger partial charge in [0.05, 0.1) is 11.9 Å². The van der Waals surface area contributed by atoms with Gasteiger partial charge in [0.1, 0.15) is 11.6 Å². The van der Waals surface area contributed by atoms with E-state index in [9.17, 15) is 4.39 Å². The summed E-state index contributed by atoms with van der Waals surface area (Å²) >= 11 is 0. The van der Waals surface area contributed by atoms with E-state index in [0.717, 1.165) is 16.8 Å². The minimum atomic E-state index is -0.275. The van der Waals surface area contributed by atoms with Gasteiger partial charge in [-0.05, 0) is 43.5 Å². The maximum absolute atomic E-state index is 13.0. The highest BCUT2D eigenvalue weighted by Gasteiger charge is 2.10. The largest absolute Gasteiger partial charge is 0.396 e. The van der Waals surface area contributed by atoms with E-state index in [1.54, 1.807) is 16.9 Å². The van der Waals surface area contributed by atoms with Crippen molar-refractivity contribution in [2.75, 3.05) is 12.3 Å². The topological polar surface area (TPSA) is 64.1 Å². The van der Waals surface area contributed by atoms with Crippen LogP contribution in [0.25, 0.3) is 5.69 Å². The fraction of sp³-hybridized carbons (Fsp3) is 0.308. The summed E-state index contributed by atoms with van der Waals surface area (Å²) in [6.45, 7) is 1.94. The summed E-state index contributed by atoms with van der Waals surface area (Å²) in [6, 6.07) is 4.49. The summed E-state index contributed by atoms with van der Waals surface area (Å²) in [6.07, 6.45) is 3.02.